The number of rotatable bonds is 3. The summed E-state index contributed by atoms with van der Waals surface area (Å²) in [7, 11) is 3.59. The first kappa shape index (κ1) is 9.38. The largest absolute Gasteiger partial charge is 0.283 e. The molecule has 4 nitrogen and oxygen atoms in total. The van der Waals surface area contributed by atoms with Gasteiger partial charge in [-0.05, 0) is 10.8 Å². The van der Waals surface area contributed by atoms with Gasteiger partial charge in [-0.25, -0.2) is 0 Å². The highest BCUT2D eigenvalue weighted by atomic mass is 15.6. The molecule has 0 aliphatic heterocycles. The third kappa shape index (κ3) is 4.00. The van der Waals surface area contributed by atoms with Crippen molar-refractivity contribution >= 4 is 6.21 Å². The third-order valence-electron chi connectivity index (χ3n) is 1.28. The van der Waals surface area contributed by atoms with E-state index in [0.717, 1.165) is 5.56 Å². The average Bonchev–Trinajstić information content (AvgIpc) is 2.14. The lowest BCUT2D eigenvalue weighted by atomic mass is 10.2. The Morgan fingerprint density at radius 1 is 1.15 bits per heavy atom. The Bertz CT molecular complexity index is 290. The summed E-state index contributed by atoms with van der Waals surface area (Å²) in [6, 6.07) is 9.76. The highest BCUT2D eigenvalue weighted by Gasteiger charge is 1.81. The summed E-state index contributed by atoms with van der Waals surface area (Å²) in [5, 5.41) is 12.6. The Labute approximate surface area is 77.6 Å². The van der Waals surface area contributed by atoms with E-state index >= 15 is 0 Å². The lowest BCUT2D eigenvalue weighted by Crippen LogP contribution is -1.98. The molecule has 0 N–H and O–H groups in total. The molecule has 0 saturated heterocycles. The summed E-state index contributed by atoms with van der Waals surface area (Å²) >= 11 is 0. The van der Waals surface area contributed by atoms with Crippen LogP contribution < -0.4 is 0 Å². The van der Waals surface area contributed by atoms with Crippen LogP contribution in [0, 0.1) is 0 Å². The maximum Gasteiger partial charge on any atom is 0.0586 e. The zero-order chi connectivity index (χ0) is 9.52. The molecule has 0 unspecified atom stereocenters. The Hall–Kier alpha value is -1.71. The zero-order valence-corrected chi connectivity index (χ0v) is 7.75. The number of nitrogens with zero attached hydrogens (tertiary/aromatic N) is 4. The fraction of sp³-hybridized carbons (Fsp3) is 0.222. The van der Waals surface area contributed by atoms with Gasteiger partial charge < -0.3 is 0 Å². The molecule has 1 rings (SSSR count). The van der Waals surface area contributed by atoms with Gasteiger partial charge in [0.15, 0.2) is 0 Å². The van der Waals surface area contributed by atoms with Gasteiger partial charge in [0.2, 0.25) is 0 Å². The van der Waals surface area contributed by atoms with E-state index in [1.165, 1.54) is 0 Å². The highest BCUT2D eigenvalue weighted by molar-refractivity contribution is 5.79. The molecule has 0 aromatic heterocycles. The molecule has 0 radical (unpaired) electrons. The SMILES string of the molecule is CN(C)/N=N\N=C\c1ccccc1. The van der Waals surface area contributed by atoms with Crippen LogP contribution in [-0.2, 0) is 0 Å². The minimum Gasteiger partial charge on any atom is -0.283 e. The molecule has 0 fully saturated rings. The van der Waals surface area contributed by atoms with Crippen molar-refractivity contribution in [2.75, 3.05) is 14.1 Å². The number of benzene rings is 1. The van der Waals surface area contributed by atoms with E-state index in [0.29, 0.717) is 0 Å². The fourth-order valence-electron chi connectivity index (χ4n) is 0.735. The maximum atomic E-state index is 3.77. The molecule has 0 saturated carbocycles. The monoisotopic (exact) mass is 176 g/mol. The number of hydrogen-bond donors (Lipinski definition) is 0. The van der Waals surface area contributed by atoms with Crippen LogP contribution in [0.3, 0.4) is 0 Å². The van der Waals surface area contributed by atoms with Crippen molar-refractivity contribution in [1.82, 2.24) is 5.01 Å². The van der Waals surface area contributed by atoms with Crippen LogP contribution in [0.1, 0.15) is 5.56 Å². The Kier molecular flexibility index (Phi) is 3.63. The van der Waals surface area contributed by atoms with E-state index in [2.05, 4.69) is 15.5 Å². The zero-order valence-electron chi connectivity index (χ0n) is 7.75. The Morgan fingerprint density at radius 2 is 1.85 bits per heavy atom. The van der Waals surface area contributed by atoms with Crippen LogP contribution in [0.5, 0.6) is 0 Å². The summed E-state index contributed by atoms with van der Waals surface area (Å²) in [6.07, 6.45) is 1.66. The highest BCUT2D eigenvalue weighted by Crippen LogP contribution is 1.94. The summed E-state index contributed by atoms with van der Waals surface area (Å²) < 4.78 is 0. The van der Waals surface area contributed by atoms with E-state index in [4.69, 9.17) is 0 Å². The molecule has 0 aliphatic rings. The molecular formula is C9H12N4. The van der Waals surface area contributed by atoms with Gasteiger partial charge in [-0.1, -0.05) is 35.6 Å². The van der Waals surface area contributed by atoms with Gasteiger partial charge >= 0.3 is 0 Å². The van der Waals surface area contributed by atoms with E-state index in [1.807, 2.05) is 30.3 Å². The lowest BCUT2D eigenvalue weighted by molar-refractivity contribution is 0.400. The van der Waals surface area contributed by atoms with Crippen LogP contribution in [0.25, 0.3) is 0 Å². The van der Waals surface area contributed by atoms with Gasteiger partial charge in [-0.15, -0.1) is 5.10 Å². The molecule has 4 heteroatoms. The second-order valence-electron chi connectivity index (χ2n) is 2.68. The third-order valence-corrected chi connectivity index (χ3v) is 1.28. The normalized spacial score (nSPS) is 11.2. The van der Waals surface area contributed by atoms with Crippen molar-refractivity contribution in [3.63, 3.8) is 0 Å². The second kappa shape index (κ2) is 5.03. The van der Waals surface area contributed by atoms with Crippen molar-refractivity contribution < 1.29 is 0 Å². The van der Waals surface area contributed by atoms with E-state index in [-0.39, 0.29) is 0 Å². The molecule has 0 spiro atoms. The molecule has 1 aromatic rings. The van der Waals surface area contributed by atoms with Crippen LogP contribution in [0.4, 0.5) is 0 Å². The summed E-state index contributed by atoms with van der Waals surface area (Å²) in [4.78, 5) is 0. The van der Waals surface area contributed by atoms with E-state index in [1.54, 1.807) is 25.3 Å². The molecule has 0 bridgehead atoms. The summed E-state index contributed by atoms with van der Waals surface area (Å²) in [5.41, 5.74) is 1.01. The van der Waals surface area contributed by atoms with Gasteiger partial charge in [-0.2, -0.15) is 0 Å². The van der Waals surface area contributed by atoms with Crippen LogP contribution >= 0.6 is 0 Å². The molecule has 0 aliphatic carbocycles. The molecule has 0 amide bonds. The van der Waals surface area contributed by atoms with Crippen molar-refractivity contribution in [2.24, 2.45) is 15.5 Å². The molecule has 0 heterocycles. The average molecular weight is 176 g/mol. The molecule has 68 valence electrons. The van der Waals surface area contributed by atoms with Gasteiger partial charge in [-0.3, -0.25) is 5.01 Å². The van der Waals surface area contributed by atoms with Gasteiger partial charge in [0.1, 0.15) is 0 Å². The lowest BCUT2D eigenvalue weighted by Gasteiger charge is -1.96. The standard InChI is InChI=1S/C9H12N4/c1-13(2)12-11-10-8-9-6-4-3-5-7-9/h3-8H,1-2H3/b10-8+,12-11-. The predicted octanol–water partition coefficient (Wildman–Crippen LogP) is 1.95. The molecule has 0 atom stereocenters. The predicted molar refractivity (Wildman–Crippen MR) is 52.6 cm³/mol. The maximum absolute atomic E-state index is 3.77. The van der Waals surface area contributed by atoms with Crippen LogP contribution in [0.15, 0.2) is 45.9 Å². The number of hydrogen-bond acceptors (Lipinski definition) is 2. The quantitative estimate of drug-likeness (QED) is 0.394. The summed E-state index contributed by atoms with van der Waals surface area (Å²) in [6.45, 7) is 0. The van der Waals surface area contributed by atoms with E-state index < -0.39 is 0 Å². The van der Waals surface area contributed by atoms with Crippen molar-refractivity contribution in [3.8, 4) is 0 Å². The minimum atomic E-state index is 1.01. The fourth-order valence-corrected chi connectivity index (χ4v) is 0.735. The first-order chi connectivity index (χ1) is 6.29. The van der Waals surface area contributed by atoms with Crippen molar-refractivity contribution in [3.05, 3.63) is 35.9 Å². The smallest absolute Gasteiger partial charge is 0.0586 e. The first-order valence-electron chi connectivity index (χ1n) is 3.95. The minimum absolute atomic E-state index is 1.01. The summed E-state index contributed by atoms with van der Waals surface area (Å²) in [5.74, 6) is 0. The van der Waals surface area contributed by atoms with Crippen LogP contribution in [0.2, 0.25) is 0 Å². The van der Waals surface area contributed by atoms with Gasteiger partial charge in [0, 0.05) is 14.1 Å². The van der Waals surface area contributed by atoms with Gasteiger partial charge in [0.25, 0.3) is 0 Å². The molecule has 1 aromatic carbocycles. The van der Waals surface area contributed by atoms with Gasteiger partial charge in [0.05, 0.1) is 6.21 Å². The first-order valence-corrected chi connectivity index (χ1v) is 3.95. The second-order valence-corrected chi connectivity index (χ2v) is 2.68. The van der Waals surface area contributed by atoms with Crippen molar-refractivity contribution in [2.45, 2.75) is 0 Å². The molecular weight excluding hydrogens is 164 g/mol. The molecule has 13 heavy (non-hydrogen) atoms. The van der Waals surface area contributed by atoms with Crippen molar-refractivity contribution in [1.29, 1.82) is 0 Å². The van der Waals surface area contributed by atoms with Crippen LogP contribution in [-0.4, -0.2) is 25.3 Å². The Morgan fingerprint density at radius 3 is 2.46 bits per heavy atom. The Balaban J connectivity index is 2.50. The topological polar surface area (TPSA) is 40.3 Å². The van der Waals surface area contributed by atoms with E-state index in [9.17, 15) is 0 Å².